The number of benzene rings is 1. The Morgan fingerprint density at radius 3 is 2.36 bits per heavy atom. The fourth-order valence-electron chi connectivity index (χ4n) is 1.77. The zero-order valence-electron chi connectivity index (χ0n) is 12.2. The van der Waals surface area contributed by atoms with Crippen LogP contribution in [0.5, 0.6) is 0 Å². The molecule has 22 heavy (non-hydrogen) atoms. The molecule has 0 aliphatic rings. The minimum atomic E-state index is -1.37. The van der Waals surface area contributed by atoms with Gasteiger partial charge in [-0.05, 0) is 5.56 Å². The molecule has 1 aromatic rings. The van der Waals surface area contributed by atoms with E-state index < -0.39 is 36.4 Å². The normalized spacial score (nSPS) is 12.5. The van der Waals surface area contributed by atoms with E-state index in [9.17, 15) is 19.5 Å². The number of carbonyl (C=O) groups excluding carboxylic acids is 3. The lowest BCUT2D eigenvalue weighted by Gasteiger charge is -2.18. The van der Waals surface area contributed by atoms with Crippen molar-refractivity contribution >= 4 is 17.8 Å². The number of esters is 1. The van der Waals surface area contributed by atoms with Crippen LogP contribution in [0.4, 0.5) is 0 Å². The quantitative estimate of drug-likeness (QED) is 0.508. The minimum absolute atomic E-state index is 0. The summed E-state index contributed by atoms with van der Waals surface area (Å²) in [7, 11) is 1.22. The number of methoxy groups -OCH3 is 1. The molecule has 0 saturated carbocycles. The van der Waals surface area contributed by atoms with Crippen molar-refractivity contribution in [3.8, 4) is 0 Å². The van der Waals surface area contributed by atoms with Gasteiger partial charge in [-0.1, -0.05) is 30.3 Å². The molecule has 0 aliphatic carbocycles. The smallest absolute Gasteiger partial charge is 0.328 e. The van der Waals surface area contributed by atoms with E-state index in [1.807, 2.05) is 30.3 Å². The van der Waals surface area contributed by atoms with Crippen LogP contribution in [-0.4, -0.2) is 42.5 Å². The average molecular weight is 312 g/mol. The number of quaternary nitrogens is 1. The van der Waals surface area contributed by atoms with Gasteiger partial charge in [0.15, 0.2) is 6.04 Å². The Balaban J connectivity index is 0.00000441. The van der Waals surface area contributed by atoms with Gasteiger partial charge in [0.05, 0.1) is 7.11 Å². The number of nitrogens with one attached hydrogen (secondary N) is 1. The van der Waals surface area contributed by atoms with Crippen molar-refractivity contribution in [2.75, 3.05) is 7.11 Å². The summed E-state index contributed by atoms with van der Waals surface area (Å²) in [6.45, 7) is 0. The third kappa shape index (κ3) is 6.33. The molecule has 0 aliphatic heterocycles. The molecule has 1 amide bonds. The first kappa shape index (κ1) is 19.6. The summed E-state index contributed by atoms with van der Waals surface area (Å²) in [5.74, 6) is -2.61. The molecule has 122 valence electrons. The predicted molar refractivity (Wildman–Crippen MR) is 74.0 cm³/mol. The van der Waals surface area contributed by atoms with E-state index in [1.165, 1.54) is 7.11 Å². The van der Waals surface area contributed by atoms with Crippen LogP contribution in [0, 0.1) is 0 Å². The zero-order chi connectivity index (χ0) is 15.8. The lowest BCUT2D eigenvalue weighted by atomic mass is 10.1. The molecule has 8 nitrogen and oxygen atoms in total. The number of rotatable bonds is 7. The number of aliphatic carboxylic acids is 1. The van der Waals surface area contributed by atoms with Crippen LogP contribution in [0.1, 0.15) is 12.0 Å². The highest BCUT2D eigenvalue weighted by Crippen LogP contribution is 2.05. The largest absolute Gasteiger partial charge is 0.550 e. The maximum absolute atomic E-state index is 11.8. The van der Waals surface area contributed by atoms with Gasteiger partial charge >= 0.3 is 5.97 Å². The van der Waals surface area contributed by atoms with Gasteiger partial charge in [-0.3, -0.25) is 4.79 Å². The number of hydrogen-bond donors (Lipinski definition) is 2. The van der Waals surface area contributed by atoms with Crippen molar-refractivity contribution in [1.82, 2.24) is 5.32 Å². The van der Waals surface area contributed by atoms with Crippen LogP contribution in [0.2, 0.25) is 0 Å². The molecule has 1 rings (SSSR count). The minimum Gasteiger partial charge on any atom is -0.550 e. The van der Waals surface area contributed by atoms with Crippen LogP contribution in [-0.2, 0) is 25.5 Å². The lowest BCUT2D eigenvalue weighted by molar-refractivity contribution is -0.408. The van der Waals surface area contributed by atoms with Crippen molar-refractivity contribution in [2.45, 2.75) is 24.9 Å². The molecular weight excluding hydrogens is 292 g/mol. The number of carboxylic acid groups (broad SMARTS) is 1. The number of amides is 1. The second-order valence-electron chi connectivity index (χ2n) is 4.55. The number of ether oxygens (including phenoxy) is 1. The molecule has 0 bridgehead atoms. The first-order valence-corrected chi connectivity index (χ1v) is 6.39. The zero-order valence-corrected chi connectivity index (χ0v) is 12.2. The molecule has 0 saturated heterocycles. The molecule has 0 spiro atoms. The molecule has 0 fully saturated rings. The Bertz CT molecular complexity index is 505. The summed E-state index contributed by atoms with van der Waals surface area (Å²) >= 11 is 0. The molecule has 0 radical (unpaired) electrons. The van der Waals surface area contributed by atoms with Crippen molar-refractivity contribution in [3.05, 3.63) is 35.9 Å². The molecule has 0 aromatic heterocycles. The van der Waals surface area contributed by atoms with E-state index in [0.717, 1.165) is 5.56 Å². The van der Waals surface area contributed by atoms with Crippen molar-refractivity contribution in [2.24, 2.45) is 0 Å². The molecule has 6 N–H and O–H groups in total. The highest BCUT2D eigenvalue weighted by atomic mass is 16.5. The summed E-state index contributed by atoms with van der Waals surface area (Å²) in [6, 6.07) is 7.16. The first-order valence-electron chi connectivity index (χ1n) is 6.39. The SMILES string of the molecule is COC(=O)C(Cc1ccccc1)NC(=O)C([NH3+])CC(=O)[O-].O. The number of carbonyl (C=O) groups is 3. The number of hydrogen-bond acceptors (Lipinski definition) is 5. The maximum atomic E-state index is 11.8. The third-order valence-corrected chi connectivity index (χ3v) is 2.87. The second kappa shape index (κ2) is 9.48. The fourth-order valence-corrected chi connectivity index (χ4v) is 1.77. The van der Waals surface area contributed by atoms with E-state index in [-0.39, 0.29) is 11.9 Å². The third-order valence-electron chi connectivity index (χ3n) is 2.87. The molecule has 2 atom stereocenters. The molecule has 1 aromatic carbocycles. The topological polar surface area (TPSA) is 155 Å². The first-order chi connectivity index (χ1) is 9.93. The van der Waals surface area contributed by atoms with Gasteiger partial charge in [0.25, 0.3) is 5.91 Å². The molecular formula is C14H20N2O6. The Labute approximate surface area is 127 Å². The summed E-state index contributed by atoms with van der Waals surface area (Å²) in [5.41, 5.74) is 4.28. The van der Waals surface area contributed by atoms with Crippen LogP contribution in [0.25, 0.3) is 0 Å². The molecule has 8 heteroatoms. The van der Waals surface area contributed by atoms with Crippen molar-refractivity contribution in [1.29, 1.82) is 0 Å². The average Bonchev–Trinajstić information content (AvgIpc) is 2.46. The van der Waals surface area contributed by atoms with E-state index >= 15 is 0 Å². The Morgan fingerprint density at radius 1 is 1.27 bits per heavy atom. The molecule has 2 unspecified atom stereocenters. The van der Waals surface area contributed by atoms with E-state index in [2.05, 4.69) is 15.8 Å². The molecule has 0 heterocycles. The Morgan fingerprint density at radius 2 is 1.86 bits per heavy atom. The van der Waals surface area contributed by atoms with Crippen LogP contribution < -0.4 is 16.2 Å². The fraction of sp³-hybridized carbons (Fsp3) is 0.357. The van der Waals surface area contributed by atoms with Crippen LogP contribution in [0.3, 0.4) is 0 Å². The van der Waals surface area contributed by atoms with Gasteiger partial charge in [-0.25, -0.2) is 4.79 Å². The van der Waals surface area contributed by atoms with Crippen LogP contribution in [0.15, 0.2) is 30.3 Å². The van der Waals surface area contributed by atoms with E-state index in [0.29, 0.717) is 0 Å². The van der Waals surface area contributed by atoms with E-state index in [1.54, 1.807) is 0 Å². The van der Waals surface area contributed by atoms with Crippen LogP contribution >= 0.6 is 0 Å². The van der Waals surface area contributed by atoms with Gasteiger partial charge in [-0.15, -0.1) is 0 Å². The van der Waals surface area contributed by atoms with E-state index in [4.69, 9.17) is 0 Å². The highest BCUT2D eigenvalue weighted by Gasteiger charge is 2.26. The summed E-state index contributed by atoms with van der Waals surface area (Å²) < 4.78 is 4.64. The van der Waals surface area contributed by atoms with Gasteiger partial charge in [0, 0.05) is 18.8 Å². The van der Waals surface area contributed by atoms with Crippen molar-refractivity contribution < 1.29 is 35.4 Å². The van der Waals surface area contributed by atoms with Gasteiger partial charge in [0.2, 0.25) is 0 Å². The highest BCUT2D eigenvalue weighted by molar-refractivity contribution is 5.88. The summed E-state index contributed by atoms with van der Waals surface area (Å²) in [6.07, 6.45) is -0.262. The summed E-state index contributed by atoms with van der Waals surface area (Å²) in [5, 5.41) is 12.9. The maximum Gasteiger partial charge on any atom is 0.328 e. The second-order valence-corrected chi connectivity index (χ2v) is 4.55. The Hall–Kier alpha value is -2.45. The monoisotopic (exact) mass is 312 g/mol. The standard InChI is InChI=1S/C14H18N2O5.H2O/c1-21-14(20)11(7-9-5-3-2-4-6-9)16-13(19)10(15)8-12(17)18;/h2-6,10-11H,7-8,15H2,1H3,(H,16,19)(H,17,18);1H2. The van der Waals surface area contributed by atoms with Gasteiger partial charge in [-0.2, -0.15) is 0 Å². The van der Waals surface area contributed by atoms with Crippen molar-refractivity contribution in [3.63, 3.8) is 0 Å². The summed E-state index contributed by atoms with van der Waals surface area (Å²) in [4.78, 5) is 34.0. The lowest BCUT2D eigenvalue weighted by Crippen LogP contribution is -2.69. The Kier molecular flexibility index (Phi) is 8.42. The predicted octanol–water partition coefficient (Wildman–Crippen LogP) is -3.19. The van der Waals surface area contributed by atoms with Gasteiger partial charge < -0.3 is 31.2 Å². The number of carboxylic acids is 1. The van der Waals surface area contributed by atoms with Gasteiger partial charge in [0.1, 0.15) is 6.04 Å².